The Morgan fingerprint density at radius 2 is 1.76 bits per heavy atom. The number of ether oxygens (including phenoxy) is 1. The molecule has 92 valence electrons. The Labute approximate surface area is 103 Å². The lowest BCUT2D eigenvalue weighted by Gasteiger charge is -2.24. The van der Waals surface area contributed by atoms with Crippen molar-refractivity contribution in [3.05, 3.63) is 35.4 Å². The molecule has 2 fully saturated rings. The maximum atomic E-state index is 6.45. The predicted octanol–water partition coefficient (Wildman–Crippen LogP) is 3.27. The van der Waals surface area contributed by atoms with E-state index < -0.39 is 0 Å². The summed E-state index contributed by atoms with van der Waals surface area (Å²) in [5, 5.41) is 0. The molecule has 0 radical (unpaired) electrons. The average molecular weight is 231 g/mol. The minimum absolute atomic E-state index is 0.0605. The highest BCUT2D eigenvalue weighted by molar-refractivity contribution is 5.30. The second-order valence-electron chi connectivity index (χ2n) is 5.49. The van der Waals surface area contributed by atoms with Crippen LogP contribution in [0, 0.1) is 0 Å². The molecule has 1 unspecified atom stereocenters. The summed E-state index contributed by atoms with van der Waals surface area (Å²) in [5.74, 6) is 0. The highest BCUT2D eigenvalue weighted by atomic mass is 16.5. The van der Waals surface area contributed by atoms with E-state index in [1.165, 1.54) is 30.4 Å². The summed E-state index contributed by atoms with van der Waals surface area (Å²) in [4.78, 5) is 0. The van der Waals surface area contributed by atoms with E-state index >= 15 is 0 Å². The van der Waals surface area contributed by atoms with Gasteiger partial charge in [-0.2, -0.15) is 0 Å². The van der Waals surface area contributed by atoms with Crippen molar-refractivity contribution in [2.45, 2.75) is 50.2 Å². The molecule has 2 N–H and O–H groups in total. The van der Waals surface area contributed by atoms with E-state index in [4.69, 9.17) is 10.5 Å². The number of nitrogens with two attached hydrogens (primary N) is 1. The van der Waals surface area contributed by atoms with Crippen molar-refractivity contribution in [3.8, 4) is 0 Å². The molecule has 0 amide bonds. The van der Waals surface area contributed by atoms with E-state index in [2.05, 4.69) is 24.3 Å². The molecule has 1 aliphatic carbocycles. The van der Waals surface area contributed by atoms with Gasteiger partial charge in [0.1, 0.15) is 0 Å². The van der Waals surface area contributed by atoms with Crippen LogP contribution in [0.4, 0.5) is 0 Å². The molecule has 2 nitrogen and oxygen atoms in total. The van der Waals surface area contributed by atoms with Crippen LogP contribution in [0.1, 0.15) is 55.8 Å². The minimum atomic E-state index is -0.0605. The fraction of sp³-hybridized carbons (Fsp3) is 0.600. The standard InChI is InChI=1S/C15H21NO/c16-15(9-1-2-10-15)13-7-5-12(6-8-13)14-4-3-11-17-14/h5-8,14H,1-4,9-11,16H2. The third kappa shape index (κ3) is 2.12. The summed E-state index contributed by atoms with van der Waals surface area (Å²) in [7, 11) is 0. The van der Waals surface area contributed by atoms with Crippen molar-refractivity contribution >= 4 is 0 Å². The van der Waals surface area contributed by atoms with Gasteiger partial charge in [0.2, 0.25) is 0 Å². The Balaban J connectivity index is 1.79. The largest absolute Gasteiger partial charge is 0.374 e. The van der Waals surface area contributed by atoms with Crippen LogP contribution < -0.4 is 5.73 Å². The third-order valence-electron chi connectivity index (χ3n) is 4.28. The second kappa shape index (κ2) is 4.43. The first-order valence-electron chi connectivity index (χ1n) is 6.79. The molecule has 1 atom stereocenters. The molecule has 0 aromatic heterocycles. The van der Waals surface area contributed by atoms with Gasteiger partial charge in [-0.25, -0.2) is 0 Å². The molecule has 1 aromatic rings. The van der Waals surface area contributed by atoms with E-state index in [1.807, 2.05) is 0 Å². The van der Waals surface area contributed by atoms with Crippen LogP contribution >= 0.6 is 0 Å². The molecule has 0 bridgehead atoms. The van der Waals surface area contributed by atoms with E-state index in [0.29, 0.717) is 6.10 Å². The highest BCUT2D eigenvalue weighted by Gasteiger charge is 2.31. The zero-order valence-corrected chi connectivity index (χ0v) is 10.3. The van der Waals surface area contributed by atoms with E-state index in [-0.39, 0.29) is 5.54 Å². The quantitative estimate of drug-likeness (QED) is 0.848. The Morgan fingerprint density at radius 1 is 1.06 bits per heavy atom. The van der Waals surface area contributed by atoms with E-state index in [0.717, 1.165) is 25.9 Å². The second-order valence-corrected chi connectivity index (χ2v) is 5.49. The highest BCUT2D eigenvalue weighted by Crippen LogP contribution is 2.37. The molecule has 17 heavy (non-hydrogen) atoms. The molecular formula is C15H21NO. The Kier molecular flexibility index (Phi) is 2.93. The minimum Gasteiger partial charge on any atom is -0.374 e. The lowest BCUT2D eigenvalue weighted by Crippen LogP contribution is -2.32. The number of hydrogen-bond acceptors (Lipinski definition) is 2. The first-order valence-corrected chi connectivity index (χ1v) is 6.79. The molecule has 2 heteroatoms. The lowest BCUT2D eigenvalue weighted by atomic mass is 9.88. The van der Waals surface area contributed by atoms with Crippen LogP contribution in [0.2, 0.25) is 0 Å². The van der Waals surface area contributed by atoms with Crippen molar-refractivity contribution in [1.82, 2.24) is 0 Å². The van der Waals surface area contributed by atoms with Crippen LogP contribution in [0.25, 0.3) is 0 Å². The monoisotopic (exact) mass is 231 g/mol. The van der Waals surface area contributed by atoms with Crippen molar-refractivity contribution in [1.29, 1.82) is 0 Å². The van der Waals surface area contributed by atoms with Crippen molar-refractivity contribution < 1.29 is 4.74 Å². The van der Waals surface area contributed by atoms with Gasteiger partial charge in [0, 0.05) is 12.1 Å². The SMILES string of the molecule is NC1(c2ccc(C3CCCO3)cc2)CCCC1. The van der Waals surface area contributed by atoms with Gasteiger partial charge in [0.15, 0.2) is 0 Å². The number of rotatable bonds is 2. The van der Waals surface area contributed by atoms with Crippen molar-refractivity contribution in [3.63, 3.8) is 0 Å². The zero-order chi connectivity index (χ0) is 11.7. The lowest BCUT2D eigenvalue weighted by molar-refractivity contribution is 0.112. The molecule has 1 saturated heterocycles. The van der Waals surface area contributed by atoms with E-state index in [9.17, 15) is 0 Å². The fourth-order valence-electron chi connectivity index (χ4n) is 3.16. The van der Waals surface area contributed by atoms with Gasteiger partial charge in [-0.1, -0.05) is 37.1 Å². The normalized spacial score (nSPS) is 27.5. The van der Waals surface area contributed by atoms with Crippen LogP contribution in [0.5, 0.6) is 0 Å². The number of hydrogen-bond donors (Lipinski definition) is 1. The van der Waals surface area contributed by atoms with Gasteiger partial charge in [0.25, 0.3) is 0 Å². The molecule has 1 saturated carbocycles. The smallest absolute Gasteiger partial charge is 0.0825 e. The summed E-state index contributed by atoms with van der Waals surface area (Å²) >= 11 is 0. The first kappa shape index (κ1) is 11.2. The van der Waals surface area contributed by atoms with Gasteiger partial charge in [-0.15, -0.1) is 0 Å². The maximum Gasteiger partial charge on any atom is 0.0825 e. The van der Waals surface area contributed by atoms with Crippen LogP contribution in [-0.4, -0.2) is 6.61 Å². The molecule has 3 rings (SSSR count). The van der Waals surface area contributed by atoms with Crippen LogP contribution in [-0.2, 0) is 10.3 Å². The molecule has 2 aliphatic rings. The summed E-state index contributed by atoms with van der Waals surface area (Å²) in [6.45, 7) is 0.910. The topological polar surface area (TPSA) is 35.2 Å². The number of benzene rings is 1. The predicted molar refractivity (Wildman–Crippen MR) is 68.7 cm³/mol. The first-order chi connectivity index (χ1) is 8.28. The van der Waals surface area contributed by atoms with Crippen molar-refractivity contribution in [2.24, 2.45) is 5.73 Å². The van der Waals surface area contributed by atoms with Gasteiger partial charge in [-0.3, -0.25) is 0 Å². The molecular weight excluding hydrogens is 210 g/mol. The van der Waals surface area contributed by atoms with Crippen LogP contribution in [0.3, 0.4) is 0 Å². The van der Waals surface area contributed by atoms with Crippen molar-refractivity contribution in [2.75, 3.05) is 6.61 Å². The summed E-state index contributed by atoms with van der Waals surface area (Å²) < 4.78 is 5.70. The van der Waals surface area contributed by atoms with Crippen LogP contribution in [0.15, 0.2) is 24.3 Å². The summed E-state index contributed by atoms with van der Waals surface area (Å²) in [6.07, 6.45) is 7.47. The Bertz CT molecular complexity index is 372. The molecule has 0 spiro atoms. The third-order valence-corrected chi connectivity index (χ3v) is 4.28. The zero-order valence-electron chi connectivity index (χ0n) is 10.3. The average Bonchev–Trinajstić information content (AvgIpc) is 3.01. The Morgan fingerprint density at radius 3 is 2.35 bits per heavy atom. The maximum absolute atomic E-state index is 6.45. The Hall–Kier alpha value is -0.860. The summed E-state index contributed by atoms with van der Waals surface area (Å²) in [6, 6.07) is 8.83. The van der Waals surface area contributed by atoms with E-state index in [1.54, 1.807) is 0 Å². The molecule has 1 aromatic carbocycles. The molecule has 1 heterocycles. The van der Waals surface area contributed by atoms with Gasteiger partial charge in [0.05, 0.1) is 6.10 Å². The van der Waals surface area contributed by atoms with Gasteiger partial charge in [-0.05, 0) is 36.8 Å². The molecule has 1 aliphatic heterocycles. The fourth-order valence-corrected chi connectivity index (χ4v) is 3.16. The van der Waals surface area contributed by atoms with Gasteiger partial charge < -0.3 is 10.5 Å². The van der Waals surface area contributed by atoms with Gasteiger partial charge >= 0.3 is 0 Å². The summed E-state index contributed by atoms with van der Waals surface area (Å²) in [5.41, 5.74) is 9.01.